The molecular formula is C27H28N4O5. The Morgan fingerprint density at radius 2 is 1.67 bits per heavy atom. The molecule has 1 N–H and O–H groups in total. The number of nitrogens with zero attached hydrogens (tertiary/aromatic N) is 3. The molecule has 1 aromatic heterocycles. The molecule has 4 amide bonds. The zero-order valence-corrected chi connectivity index (χ0v) is 20.6. The van der Waals surface area contributed by atoms with Gasteiger partial charge < -0.3 is 18.9 Å². The molecule has 0 radical (unpaired) electrons. The number of rotatable bonds is 8. The van der Waals surface area contributed by atoms with Crippen LogP contribution in [0.25, 0.3) is 11.8 Å². The van der Waals surface area contributed by atoms with Crippen molar-refractivity contribution in [1.29, 1.82) is 0 Å². The zero-order valence-electron chi connectivity index (χ0n) is 20.6. The molecule has 0 spiro atoms. The van der Waals surface area contributed by atoms with Crippen LogP contribution in [0.1, 0.15) is 19.5 Å². The summed E-state index contributed by atoms with van der Waals surface area (Å²) in [6, 6.07) is 15.4. The van der Waals surface area contributed by atoms with E-state index in [9.17, 15) is 14.4 Å². The van der Waals surface area contributed by atoms with Crippen molar-refractivity contribution in [1.82, 2.24) is 9.88 Å². The monoisotopic (exact) mass is 488 g/mol. The normalized spacial score (nSPS) is 14.7. The van der Waals surface area contributed by atoms with Gasteiger partial charge in [0.15, 0.2) is 0 Å². The molecule has 0 saturated carbocycles. The summed E-state index contributed by atoms with van der Waals surface area (Å²) in [5.41, 5.74) is 2.56. The van der Waals surface area contributed by atoms with E-state index in [1.54, 1.807) is 31.2 Å². The van der Waals surface area contributed by atoms with Crippen LogP contribution in [0.2, 0.25) is 0 Å². The SMILES string of the molecule is CCOc1ccc(N2C(=O)NC(=O)/C(=C\c3cccn3-c3ccc(N(C)C)cc3)C2=O)c(OCC)c1. The van der Waals surface area contributed by atoms with Gasteiger partial charge in [-0.05, 0) is 68.5 Å². The number of ether oxygens (including phenoxy) is 2. The topological polar surface area (TPSA) is 93.1 Å². The molecule has 0 unspecified atom stereocenters. The van der Waals surface area contributed by atoms with Crippen molar-refractivity contribution in [3.8, 4) is 17.2 Å². The maximum absolute atomic E-state index is 13.5. The summed E-state index contributed by atoms with van der Waals surface area (Å²) in [4.78, 5) is 41.9. The lowest BCUT2D eigenvalue weighted by atomic mass is 10.1. The molecule has 0 aliphatic carbocycles. The Morgan fingerprint density at radius 3 is 2.33 bits per heavy atom. The van der Waals surface area contributed by atoms with E-state index in [-0.39, 0.29) is 11.3 Å². The first kappa shape index (κ1) is 24.6. The van der Waals surface area contributed by atoms with E-state index in [1.165, 1.54) is 6.08 Å². The van der Waals surface area contributed by atoms with Gasteiger partial charge in [-0.1, -0.05) is 0 Å². The van der Waals surface area contributed by atoms with Gasteiger partial charge in [-0.2, -0.15) is 0 Å². The molecule has 1 fully saturated rings. The van der Waals surface area contributed by atoms with Crippen LogP contribution in [0.5, 0.6) is 11.5 Å². The number of amides is 4. The third kappa shape index (κ3) is 4.81. The summed E-state index contributed by atoms with van der Waals surface area (Å²) in [5, 5.41) is 2.27. The van der Waals surface area contributed by atoms with Gasteiger partial charge >= 0.3 is 6.03 Å². The second-order valence-corrected chi connectivity index (χ2v) is 8.17. The third-order valence-corrected chi connectivity index (χ3v) is 5.60. The predicted octanol–water partition coefficient (Wildman–Crippen LogP) is 4.01. The summed E-state index contributed by atoms with van der Waals surface area (Å²) in [6.45, 7) is 4.41. The molecule has 3 aromatic rings. The second-order valence-electron chi connectivity index (χ2n) is 8.17. The largest absolute Gasteiger partial charge is 0.494 e. The fourth-order valence-corrected chi connectivity index (χ4v) is 3.89. The van der Waals surface area contributed by atoms with Crippen molar-refractivity contribution >= 4 is 35.3 Å². The Kier molecular flexibility index (Phi) is 7.10. The number of nitrogens with one attached hydrogen (secondary N) is 1. The molecule has 0 atom stereocenters. The van der Waals surface area contributed by atoms with E-state index in [1.807, 2.05) is 67.0 Å². The van der Waals surface area contributed by atoms with E-state index in [0.29, 0.717) is 30.4 Å². The molecule has 2 heterocycles. The number of anilines is 2. The number of hydrogen-bond donors (Lipinski definition) is 1. The van der Waals surface area contributed by atoms with Gasteiger partial charge in [-0.3, -0.25) is 14.9 Å². The Bertz CT molecular complexity index is 1320. The van der Waals surface area contributed by atoms with Gasteiger partial charge in [0.2, 0.25) is 0 Å². The number of carbonyl (C=O) groups is 3. The number of barbiturate groups is 1. The minimum atomic E-state index is -0.845. The van der Waals surface area contributed by atoms with E-state index in [0.717, 1.165) is 16.3 Å². The van der Waals surface area contributed by atoms with Crippen molar-refractivity contribution in [2.24, 2.45) is 0 Å². The van der Waals surface area contributed by atoms with Crippen molar-refractivity contribution in [3.63, 3.8) is 0 Å². The maximum atomic E-state index is 13.5. The first-order valence-electron chi connectivity index (χ1n) is 11.6. The van der Waals surface area contributed by atoms with E-state index in [2.05, 4.69) is 5.32 Å². The molecule has 9 heteroatoms. The minimum Gasteiger partial charge on any atom is -0.494 e. The van der Waals surface area contributed by atoms with Gasteiger partial charge in [-0.25, -0.2) is 9.69 Å². The predicted molar refractivity (Wildman–Crippen MR) is 138 cm³/mol. The van der Waals surface area contributed by atoms with Crippen molar-refractivity contribution in [2.75, 3.05) is 37.1 Å². The summed E-state index contributed by atoms with van der Waals surface area (Å²) < 4.78 is 13.1. The first-order chi connectivity index (χ1) is 17.3. The van der Waals surface area contributed by atoms with Crippen LogP contribution in [-0.2, 0) is 9.59 Å². The lowest BCUT2D eigenvalue weighted by Crippen LogP contribution is -2.54. The van der Waals surface area contributed by atoms with Gasteiger partial charge in [0, 0.05) is 43.4 Å². The van der Waals surface area contributed by atoms with Gasteiger partial charge in [0.25, 0.3) is 11.8 Å². The van der Waals surface area contributed by atoms with Gasteiger partial charge in [-0.15, -0.1) is 0 Å². The fourth-order valence-electron chi connectivity index (χ4n) is 3.89. The minimum absolute atomic E-state index is 0.171. The molecule has 1 aliphatic heterocycles. The average Bonchev–Trinajstić information content (AvgIpc) is 3.31. The molecule has 36 heavy (non-hydrogen) atoms. The number of imide groups is 2. The standard InChI is InChI=1S/C27H28N4O5/c1-5-35-21-13-14-23(24(17-21)36-6-2)31-26(33)22(25(32)28-27(31)34)16-20-8-7-15-30(20)19-11-9-18(10-12-19)29(3)4/h7-17H,5-6H2,1-4H3,(H,28,32,34)/b22-16+. The average molecular weight is 489 g/mol. The second kappa shape index (κ2) is 10.4. The lowest BCUT2D eigenvalue weighted by molar-refractivity contribution is -0.122. The highest BCUT2D eigenvalue weighted by Gasteiger charge is 2.38. The number of aromatic nitrogens is 1. The van der Waals surface area contributed by atoms with Crippen molar-refractivity contribution in [2.45, 2.75) is 13.8 Å². The zero-order chi connectivity index (χ0) is 25.8. The van der Waals surface area contributed by atoms with Gasteiger partial charge in [0.05, 0.1) is 18.9 Å². The van der Waals surface area contributed by atoms with Crippen LogP contribution >= 0.6 is 0 Å². The highest BCUT2D eigenvalue weighted by atomic mass is 16.5. The molecule has 4 rings (SSSR count). The summed E-state index contributed by atoms with van der Waals surface area (Å²) >= 11 is 0. The van der Waals surface area contributed by atoms with Crippen molar-refractivity contribution < 1.29 is 23.9 Å². The third-order valence-electron chi connectivity index (χ3n) is 5.60. The van der Waals surface area contributed by atoms with Crippen LogP contribution < -0.4 is 24.6 Å². The Hall–Kier alpha value is -4.53. The molecule has 0 bridgehead atoms. The fraction of sp³-hybridized carbons (Fsp3) is 0.222. The number of carbonyl (C=O) groups excluding carboxylic acids is 3. The van der Waals surface area contributed by atoms with Crippen molar-refractivity contribution in [3.05, 3.63) is 72.1 Å². The van der Waals surface area contributed by atoms with Crippen LogP contribution in [0.4, 0.5) is 16.2 Å². The van der Waals surface area contributed by atoms with Crippen LogP contribution in [-0.4, -0.2) is 49.7 Å². The molecular weight excluding hydrogens is 460 g/mol. The van der Waals surface area contributed by atoms with Gasteiger partial charge in [0.1, 0.15) is 17.1 Å². The summed E-state index contributed by atoms with van der Waals surface area (Å²) in [7, 11) is 3.92. The summed E-state index contributed by atoms with van der Waals surface area (Å²) in [6.07, 6.45) is 3.32. The number of hydrogen-bond acceptors (Lipinski definition) is 6. The Morgan fingerprint density at radius 1 is 0.944 bits per heavy atom. The smallest absolute Gasteiger partial charge is 0.336 e. The van der Waals surface area contributed by atoms with Crippen LogP contribution in [0.3, 0.4) is 0 Å². The van der Waals surface area contributed by atoms with Crippen LogP contribution in [0, 0.1) is 0 Å². The molecule has 1 aliphatic rings. The molecule has 2 aromatic carbocycles. The summed E-state index contributed by atoms with van der Waals surface area (Å²) in [5.74, 6) is -0.671. The first-order valence-corrected chi connectivity index (χ1v) is 11.6. The molecule has 186 valence electrons. The Balaban J connectivity index is 1.72. The highest BCUT2D eigenvalue weighted by Crippen LogP contribution is 2.35. The van der Waals surface area contributed by atoms with E-state index < -0.39 is 17.8 Å². The molecule has 9 nitrogen and oxygen atoms in total. The number of urea groups is 1. The van der Waals surface area contributed by atoms with E-state index in [4.69, 9.17) is 9.47 Å². The Labute approximate surface area is 209 Å². The quantitative estimate of drug-likeness (QED) is 0.381. The van der Waals surface area contributed by atoms with E-state index >= 15 is 0 Å². The number of benzene rings is 2. The molecule has 1 saturated heterocycles. The van der Waals surface area contributed by atoms with Crippen LogP contribution in [0.15, 0.2) is 66.4 Å². The maximum Gasteiger partial charge on any atom is 0.336 e. The highest BCUT2D eigenvalue weighted by molar-refractivity contribution is 6.39. The lowest BCUT2D eigenvalue weighted by Gasteiger charge is -2.28.